The number of ether oxygens (including phenoxy) is 1. The zero-order valence-electron chi connectivity index (χ0n) is 15.4. The van der Waals surface area contributed by atoms with Crippen LogP contribution < -0.4 is 15.6 Å². The average molecular weight is 392 g/mol. The molecule has 0 aliphatic heterocycles. The topological polar surface area (TPSA) is 84.3 Å². The summed E-state index contributed by atoms with van der Waals surface area (Å²) in [4.78, 5) is 27.7. The van der Waals surface area contributed by atoms with E-state index in [4.69, 9.17) is 9.15 Å². The second-order valence-electron chi connectivity index (χ2n) is 6.40. The summed E-state index contributed by atoms with van der Waals surface area (Å²) < 4.78 is 24.7. The van der Waals surface area contributed by atoms with Crippen LogP contribution in [0, 0.1) is 5.82 Å². The van der Waals surface area contributed by atoms with Crippen LogP contribution in [0.2, 0.25) is 0 Å². The smallest absolute Gasteiger partial charge is 0.253 e. The number of methoxy groups -OCH3 is 1. The molecule has 0 saturated heterocycles. The van der Waals surface area contributed by atoms with Gasteiger partial charge in [-0.15, -0.1) is 0 Å². The molecule has 2 N–H and O–H groups in total. The Morgan fingerprint density at radius 3 is 2.72 bits per heavy atom. The number of benzene rings is 2. The number of carbonyl (C=O) groups excluding carboxylic acids is 1. The maximum absolute atomic E-state index is 13.8. The molecular formula is C22H17FN2O4. The molecule has 0 saturated carbocycles. The van der Waals surface area contributed by atoms with Gasteiger partial charge in [0.25, 0.3) is 5.91 Å². The SMILES string of the molecule is COc1ccccc1C(NC(=O)c1cc(=O)[nH]c2ccc(F)cc12)c1ccco1. The van der Waals surface area contributed by atoms with Crippen molar-refractivity contribution in [2.45, 2.75) is 6.04 Å². The maximum atomic E-state index is 13.8. The number of nitrogens with one attached hydrogen (secondary N) is 2. The normalized spacial score (nSPS) is 11.9. The van der Waals surface area contributed by atoms with Gasteiger partial charge in [0.15, 0.2) is 0 Å². The number of hydrogen-bond donors (Lipinski definition) is 2. The molecule has 0 aliphatic carbocycles. The minimum atomic E-state index is -0.670. The van der Waals surface area contributed by atoms with Crippen molar-refractivity contribution in [2.24, 2.45) is 0 Å². The Balaban J connectivity index is 1.80. The van der Waals surface area contributed by atoms with Gasteiger partial charge in [-0.05, 0) is 36.4 Å². The molecule has 2 aromatic heterocycles. The van der Waals surface area contributed by atoms with E-state index in [0.29, 0.717) is 28.0 Å². The minimum Gasteiger partial charge on any atom is -0.496 e. The number of furan rings is 1. The fourth-order valence-electron chi connectivity index (χ4n) is 3.29. The third-order valence-electron chi connectivity index (χ3n) is 4.60. The summed E-state index contributed by atoms with van der Waals surface area (Å²) in [6.07, 6.45) is 1.50. The molecule has 0 bridgehead atoms. The van der Waals surface area contributed by atoms with E-state index in [-0.39, 0.29) is 5.56 Å². The fourth-order valence-corrected chi connectivity index (χ4v) is 3.29. The highest BCUT2D eigenvalue weighted by Crippen LogP contribution is 2.30. The molecule has 0 aliphatic rings. The Bertz CT molecular complexity index is 1230. The molecular weight excluding hydrogens is 375 g/mol. The Morgan fingerprint density at radius 1 is 1.14 bits per heavy atom. The van der Waals surface area contributed by atoms with Crippen LogP contribution in [0.1, 0.15) is 27.7 Å². The Labute approximate surface area is 164 Å². The van der Waals surface area contributed by atoms with E-state index in [1.165, 1.54) is 31.6 Å². The summed E-state index contributed by atoms with van der Waals surface area (Å²) in [6, 6.07) is 15.0. The van der Waals surface area contributed by atoms with Crippen molar-refractivity contribution >= 4 is 16.8 Å². The third-order valence-corrected chi connectivity index (χ3v) is 4.60. The second-order valence-corrected chi connectivity index (χ2v) is 6.40. The number of amides is 1. The lowest BCUT2D eigenvalue weighted by molar-refractivity contribution is 0.0940. The highest BCUT2D eigenvalue weighted by molar-refractivity contribution is 6.06. The van der Waals surface area contributed by atoms with Gasteiger partial charge < -0.3 is 19.5 Å². The van der Waals surface area contributed by atoms with Crippen LogP contribution >= 0.6 is 0 Å². The van der Waals surface area contributed by atoms with Crippen molar-refractivity contribution in [3.05, 3.63) is 100.0 Å². The number of H-pyrrole nitrogens is 1. The van der Waals surface area contributed by atoms with Crippen LogP contribution in [0.5, 0.6) is 5.75 Å². The molecule has 1 amide bonds. The first-order chi connectivity index (χ1) is 14.1. The van der Waals surface area contributed by atoms with Gasteiger partial charge in [0.05, 0.1) is 18.9 Å². The van der Waals surface area contributed by atoms with Crippen LogP contribution in [0.15, 0.2) is 76.1 Å². The van der Waals surface area contributed by atoms with E-state index in [0.717, 1.165) is 6.07 Å². The Hall–Kier alpha value is -3.87. The number of pyridine rings is 1. The van der Waals surface area contributed by atoms with Gasteiger partial charge in [-0.2, -0.15) is 0 Å². The predicted molar refractivity (Wildman–Crippen MR) is 106 cm³/mol. The van der Waals surface area contributed by atoms with Gasteiger partial charge in [-0.3, -0.25) is 9.59 Å². The summed E-state index contributed by atoms with van der Waals surface area (Å²) >= 11 is 0. The third kappa shape index (κ3) is 3.62. The van der Waals surface area contributed by atoms with Crippen molar-refractivity contribution in [3.63, 3.8) is 0 Å². The molecule has 0 radical (unpaired) electrons. The molecule has 2 aromatic carbocycles. The van der Waals surface area contributed by atoms with Gasteiger partial charge in [0, 0.05) is 22.5 Å². The summed E-state index contributed by atoms with van der Waals surface area (Å²) in [6.45, 7) is 0. The average Bonchev–Trinajstić information content (AvgIpc) is 3.26. The van der Waals surface area contributed by atoms with Crippen LogP contribution in [0.25, 0.3) is 10.9 Å². The molecule has 6 nitrogen and oxygen atoms in total. The number of rotatable bonds is 5. The summed E-state index contributed by atoms with van der Waals surface area (Å²) in [5.74, 6) is 0.00380. The van der Waals surface area contributed by atoms with E-state index >= 15 is 0 Å². The highest BCUT2D eigenvalue weighted by atomic mass is 19.1. The molecule has 0 spiro atoms. The minimum absolute atomic E-state index is 0.0645. The fraction of sp³-hybridized carbons (Fsp3) is 0.0909. The first-order valence-corrected chi connectivity index (χ1v) is 8.86. The molecule has 1 atom stereocenters. The van der Waals surface area contributed by atoms with Gasteiger partial charge in [-0.1, -0.05) is 18.2 Å². The monoisotopic (exact) mass is 392 g/mol. The molecule has 2 heterocycles. The van der Waals surface area contributed by atoms with Crippen molar-refractivity contribution in [1.82, 2.24) is 10.3 Å². The van der Waals surface area contributed by atoms with E-state index in [9.17, 15) is 14.0 Å². The molecule has 0 fully saturated rings. The first-order valence-electron chi connectivity index (χ1n) is 8.86. The zero-order valence-corrected chi connectivity index (χ0v) is 15.4. The first kappa shape index (κ1) is 18.5. The molecule has 29 heavy (non-hydrogen) atoms. The van der Waals surface area contributed by atoms with Crippen molar-refractivity contribution < 1.29 is 18.3 Å². The van der Waals surface area contributed by atoms with Crippen molar-refractivity contribution in [2.75, 3.05) is 7.11 Å². The van der Waals surface area contributed by atoms with Crippen LogP contribution in [-0.4, -0.2) is 18.0 Å². The maximum Gasteiger partial charge on any atom is 0.253 e. The van der Waals surface area contributed by atoms with Gasteiger partial charge in [-0.25, -0.2) is 4.39 Å². The van der Waals surface area contributed by atoms with E-state index in [2.05, 4.69) is 10.3 Å². The van der Waals surface area contributed by atoms with Crippen LogP contribution in [0.3, 0.4) is 0 Å². The number of halogens is 1. The number of aromatic nitrogens is 1. The summed E-state index contributed by atoms with van der Waals surface area (Å²) in [7, 11) is 1.53. The van der Waals surface area contributed by atoms with Gasteiger partial charge in [0.2, 0.25) is 5.56 Å². The van der Waals surface area contributed by atoms with E-state index < -0.39 is 23.3 Å². The standard InChI is InChI=1S/C22H17FN2O4/c1-28-18-6-3-2-5-14(18)21(19-7-4-10-29-19)25-22(27)16-12-20(26)24-17-9-8-13(23)11-15(16)17/h2-12,21H,1H3,(H,24,26)(H,25,27). The van der Waals surface area contributed by atoms with Crippen molar-refractivity contribution in [3.8, 4) is 5.75 Å². The lowest BCUT2D eigenvalue weighted by atomic mass is 10.0. The molecule has 1 unspecified atom stereocenters. The number of fused-ring (bicyclic) bond motifs is 1. The quantitative estimate of drug-likeness (QED) is 0.541. The Morgan fingerprint density at radius 2 is 1.97 bits per heavy atom. The Kier molecular flexibility index (Phi) is 4.87. The largest absolute Gasteiger partial charge is 0.496 e. The number of carbonyl (C=O) groups is 1. The predicted octanol–water partition coefficient (Wildman–Crippen LogP) is 3.79. The number of aromatic amines is 1. The lowest BCUT2D eigenvalue weighted by Gasteiger charge is -2.20. The van der Waals surface area contributed by atoms with Gasteiger partial charge in [0.1, 0.15) is 23.4 Å². The number of hydrogen-bond acceptors (Lipinski definition) is 4. The number of para-hydroxylation sites is 1. The molecule has 146 valence electrons. The highest BCUT2D eigenvalue weighted by Gasteiger charge is 2.24. The van der Waals surface area contributed by atoms with E-state index in [1.807, 2.05) is 18.2 Å². The van der Waals surface area contributed by atoms with Gasteiger partial charge >= 0.3 is 0 Å². The summed E-state index contributed by atoms with van der Waals surface area (Å²) in [5.41, 5.74) is 0.658. The zero-order chi connectivity index (χ0) is 20.4. The molecule has 7 heteroatoms. The second kappa shape index (κ2) is 7.63. The van der Waals surface area contributed by atoms with Crippen LogP contribution in [-0.2, 0) is 0 Å². The van der Waals surface area contributed by atoms with Crippen molar-refractivity contribution in [1.29, 1.82) is 0 Å². The summed E-state index contributed by atoms with van der Waals surface area (Å²) in [5, 5.41) is 3.18. The van der Waals surface area contributed by atoms with Crippen LogP contribution in [0.4, 0.5) is 4.39 Å². The van der Waals surface area contributed by atoms with E-state index in [1.54, 1.807) is 18.2 Å². The molecule has 4 rings (SSSR count). The lowest BCUT2D eigenvalue weighted by Crippen LogP contribution is -2.30. The molecule has 4 aromatic rings.